The Morgan fingerprint density at radius 3 is 3.00 bits per heavy atom. The Morgan fingerprint density at radius 2 is 2.33 bits per heavy atom. The van der Waals surface area contributed by atoms with E-state index in [4.69, 9.17) is 16.2 Å². The number of aliphatic hydroxyl groups is 1. The van der Waals surface area contributed by atoms with Gasteiger partial charge in [0.1, 0.15) is 0 Å². The van der Waals surface area contributed by atoms with Crippen LogP contribution in [0.2, 0.25) is 0 Å². The SMILES string of the molecule is NC(=O)c1cc(N)ccc1N1CCOCC1CO. The number of carbonyl (C=O) groups excluding carboxylic acids is 1. The highest BCUT2D eigenvalue weighted by Gasteiger charge is 2.25. The molecular weight excluding hydrogens is 234 g/mol. The molecule has 0 radical (unpaired) electrons. The first kappa shape index (κ1) is 12.7. The van der Waals surface area contributed by atoms with Crippen molar-refractivity contribution in [2.45, 2.75) is 6.04 Å². The number of aliphatic hydroxyl groups excluding tert-OH is 1. The number of nitrogen functional groups attached to an aromatic ring is 1. The molecule has 1 saturated heterocycles. The van der Waals surface area contributed by atoms with Gasteiger partial charge < -0.3 is 26.2 Å². The number of hydrogen-bond acceptors (Lipinski definition) is 5. The van der Waals surface area contributed by atoms with Crippen molar-refractivity contribution in [3.8, 4) is 0 Å². The first-order chi connectivity index (χ1) is 8.63. The number of nitrogens with two attached hydrogens (primary N) is 2. The predicted octanol–water partition coefficient (Wildman–Crippen LogP) is -0.435. The van der Waals surface area contributed by atoms with Crippen molar-refractivity contribution in [2.75, 3.05) is 37.0 Å². The number of ether oxygens (including phenoxy) is 1. The summed E-state index contributed by atoms with van der Waals surface area (Å²) in [6.45, 7) is 1.55. The molecule has 1 aliphatic rings. The van der Waals surface area contributed by atoms with Crippen LogP contribution in [0.1, 0.15) is 10.4 Å². The number of amides is 1. The average Bonchev–Trinajstić information content (AvgIpc) is 2.38. The monoisotopic (exact) mass is 251 g/mol. The fourth-order valence-electron chi connectivity index (χ4n) is 2.12. The Kier molecular flexibility index (Phi) is 3.69. The Hall–Kier alpha value is -1.79. The molecule has 18 heavy (non-hydrogen) atoms. The molecule has 0 aliphatic carbocycles. The maximum atomic E-state index is 11.5. The van der Waals surface area contributed by atoms with Gasteiger partial charge in [-0.25, -0.2) is 0 Å². The fraction of sp³-hybridized carbons (Fsp3) is 0.417. The molecule has 2 rings (SSSR count). The molecule has 0 saturated carbocycles. The molecule has 1 heterocycles. The summed E-state index contributed by atoms with van der Waals surface area (Å²) in [6, 6.07) is 4.86. The highest BCUT2D eigenvalue weighted by molar-refractivity contribution is 5.99. The Bertz CT molecular complexity index is 450. The van der Waals surface area contributed by atoms with Gasteiger partial charge in [-0.1, -0.05) is 0 Å². The molecular formula is C12H17N3O3. The number of hydrogen-bond donors (Lipinski definition) is 3. The van der Waals surface area contributed by atoms with E-state index in [0.717, 1.165) is 0 Å². The van der Waals surface area contributed by atoms with E-state index in [1.807, 2.05) is 4.90 Å². The van der Waals surface area contributed by atoms with Crippen molar-refractivity contribution in [1.82, 2.24) is 0 Å². The number of primary amides is 1. The lowest BCUT2D eigenvalue weighted by atomic mass is 10.1. The minimum atomic E-state index is -0.527. The second kappa shape index (κ2) is 5.24. The van der Waals surface area contributed by atoms with Crippen molar-refractivity contribution < 1.29 is 14.6 Å². The summed E-state index contributed by atoms with van der Waals surface area (Å²) in [4.78, 5) is 13.4. The van der Waals surface area contributed by atoms with E-state index in [-0.39, 0.29) is 12.6 Å². The highest BCUT2D eigenvalue weighted by atomic mass is 16.5. The van der Waals surface area contributed by atoms with Crippen LogP contribution >= 0.6 is 0 Å². The molecule has 1 unspecified atom stereocenters. The fourth-order valence-corrected chi connectivity index (χ4v) is 2.12. The number of nitrogens with zero attached hydrogens (tertiary/aromatic N) is 1. The van der Waals surface area contributed by atoms with Crippen LogP contribution in [-0.4, -0.2) is 43.4 Å². The van der Waals surface area contributed by atoms with Gasteiger partial charge in [0, 0.05) is 12.2 Å². The van der Waals surface area contributed by atoms with E-state index in [1.165, 1.54) is 0 Å². The zero-order chi connectivity index (χ0) is 13.1. The Morgan fingerprint density at radius 1 is 1.56 bits per heavy atom. The lowest BCUT2D eigenvalue weighted by Gasteiger charge is -2.37. The number of benzene rings is 1. The maximum Gasteiger partial charge on any atom is 0.250 e. The second-order valence-electron chi connectivity index (χ2n) is 4.25. The lowest BCUT2D eigenvalue weighted by molar-refractivity contribution is 0.0724. The summed E-state index contributed by atoms with van der Waals surface area (Å²) in [7, 11) is 0. The first-order valence-electron chi connectivity index (χ1n) is 5.78. The normalized spacial score (nSPS) is 19.8. The molecule has 1 fully saturated rings. The highest BCUT2D eigenvalue weighted by Crippen LogP contribution is 2.26. The third kappa shape index (κ3) is 2.39. The molecule has 6 nitrogen and oxygen atoms in total. The molecule has 0 spiro atoms. The summed E-state index contributed by atoms with van der Waals surface area (Å²) < 4.78 is 5.31. The number of morpholine rings is 1. The molecule has 1 aromatic carbocycles. The van der Waals surface area contributed by atoms with Crippen LogP contribution < -0.4 is 16.4 Å². The average molecular weight is 251 g/mol. The molecule has 1 amide bonds. The summed E-state index contributed by atoms with van der Waals surface area (Å²) >= 11 is 0. The maximum absolute atomic E-state index is 11.5. The van der Waals surface area contributed by atoms with Crippen LogP contribution in [0.3, 0.4) is 0 Å². The van der Waals surface area contributed by atoms with E-state index in [1.54, 1.807) is 18.2 Å². The predicted molar refractivity (Wildman–Crippen MR) is 68.4 cm³/mol. The van der Waals surface area contributed by atoms with Gasteiger partial charge in [-0.15, -0.1) is 0 Å². The molecule has 98 valence electrons. The van der Waals surface area contributed by atoms with Gasteiger partial charge in [-0.05, 0) is 18.2 Å². The molecule has 1 atom stereocenters. The molecule has 1 aromatic rings. The van der Waals surface area contributed by atoms with Crippen LogP contribution in [0.4, 0.5) is 11.4 Å². The Labute approximate surface area is 105 Å². The van der Waals surface area contributed by atoms with Gasteiger partial charge in [-0.2, -0.15) is 0 Å². The van der Waals surface area contributed by atoms with Crippen molar-refractivity contribution in [3.63, 3.8) is 0 Å². The van der Waals surface area contributed by atoms with E-state index < -0.39 is 5.91 Å². The van der Waals surface area contributed by atoms with Gasteiger partial charge in [0.15, 0.2) is 0 Å². The van der Waals surface area contributed by atoms with Crippen molar-refractivity contribution in [1.29, 1.82) is 0 Å². The third-order valence-electron chi connectivity index (χ3n) is 3.03. The summed E-state index contributed by atoms with van der Waals surface area (Å²) in [5.74, 6) is -0.527. The molecule has 1 aliphatic heterocycles. The van der Waals surface area contributed by atoms with Crippen LogP contribution in [0.5, 0.6) is 0 Å². The lowest BCUT2D eigenvalue weighted by Crippen LogP contribution is -2.48. The van der Waals surface area contributed by atoms with Crippen molar-refractivity contribution >= 4 is 17.3 Å². The first-order valence-corrected chi connectivity index (χ1v) is 5.78. The smallest absolute Gasteiger partial charge is 0.250 e. The number of rotatable bonds is 3. The van der Waals surface area contributed by atoms with Crippen molar-refractivity contribution in [2.24, 2.45) is 5.73 Å². The van der Waals surface area contributed by atoms with E-state index in [2.05, 4.69) is 0 Å². The zero-order valence-electron chi connectivity index (χ0n) is 10.0. The van der Waals surface area contributed by atoms with Gasteiger partial charge in [0.25, 0.3) is 5.91 Å². The number of anilines is 2. The van der Waals surface area contributed by atoms with Gasteiger partial charge in [0.2, 0.25) is 0 Å². The van der Waals surface area contributed by atoms with Gasteiger partial charge >= 0.3 is 0 Å². The van der Waals surface area contributed by atoms with E-state index in [0.29, 0.717) is 36.7 Å². The van der Waals surface area contributed by atoms with E-state index in [9.17, 15) is 9.90 Å². The summed E-state index contributed by atoms with van der Waals surface area (Å²) in [6.07, 6.45) is 0. The van der Waals surface area contributed by atoms with Gasteiger partial charge in [0.05, 0.1) is 37.1 Å². The third-order valence-corrected chi connectivity index (χ3v) is 3.03. The summed E-state index contributed by atoms with van der Waals surface area (Å²) in [5.41, 5.74) is 12.6. The number of carbonyl (C=O) groups is 1. The standard InChI is InChI=1S/C12H17N3O3/c13-8-1-2-11(10(5-8)12(14)17)15-3-4-18-7-9(15)6-16/h1-2,5,9,16H,3-4,6-7,13H2,(H2,14,17). The van der Waals surface area contributed by atoms with E-state index >= 15 is 0 Å². The minimum absolute atomic E-state index is 0.0391. The largest absolute Gasteiger partial charge is 0.399 e. The van der Waals surface area contributed by atoms with Crippen molar-refractivity contribution in [3.05, 3.63) is 23.8 Å². The van der Waals surface area contributed by atoms with Crippen LogP contribution in [0, 0.1) is 0 Å². The molecule has 0 aromatic heterocycles. The van der Waals surface area contributed by atoms with Crippen LogP contribution in [-0.2, 0) is 4.74 Å². The minimum Gasteiger partial charge on any atom is -0.399 e. The topological polar surface area (TPSA) is 102 Å². The van der Waals surface area contributed by atoms with Gasteiger partial charge in [-0.3, -0.25) is 4.79 Å². The quantitative estimate of drug-likeness (QED) is 0.632. The summed E-state index contributed by atoms with van der Waals surface area (Å²) in [5, 5.41) is 9.34. The second-order valence-corrected chi connectivity index (χ2v) is 4.25. The Balaban J connectivity index is 2.39. The zero-order valence-corrected chi connectivity index (χ0v) is 10.0. The molecule has 5 N–H and O–H groups in total. The molecule has 0 bridgehead atoms. The van der Waals surface area contributed by atoms with Crippen LogP contribution in [0.15, 0.2) is 18.2 Å². The molecule has 6 heteroatoms. The van der Waals surface area contributed by atoms with Crippen LogP contribution in [0.25, 0.3) is 0 Å².